The molecule has 1 aromatic carbocycles. The van der Waals surface area contributed by atoms with Gasteiger partial charge in [-0.25, -0.2) is 8.78 Å². The third-order valence-corrected chi connectivity index (χ3v) is 2.28. The van der Waals surface area contributed by atoms with Gasteiger partial charge in [0, 0.05) is 23.7 Å². The van der Waals surface area contributed by atoms with Crippen molar-refractivity contribution in [3.8, 4) is 0 Å². The molecule has 0 radical (unpaired) electrons. The molecule has 0 bridgehead atoms. The van der Waals surface area contributed by atoms with Crippen molar-refractivity contribution in [2.75, 3.05) is 6.54 Å². The summed E-state index contributed by atoms with van der Waals surface area (Å²) in [5, 5.41) is 3.08. The number of nitrogens with two attached hydrogens (primary N) is 1. The van der Waals surface area contributed by atoms with Gasteiger partial charge in [-0.2, -0.15) is 0 Å². The van der Waals surface area contributed by atoms with Crippen LogP contribution in [0.2, 0.25) is 0 Å². The minimum absolute atomic E-state index is 0.228. The largest absolute Gasteiger partial charge is 0.326 e. The summed E-state index contributed by atoms with van der Waals surface area (Å²) in [6, 6.07) is 3.60. The summed E-state index contributed by atoms with van der Waals surface area (Å²) >= 11 is 0. The van der Waals surface area contributed by atoms with E-state index in [-0.39, 0.29) is 5.54 Å². The topological polar surface area (TPSA) is 38.0 Å². The molecule has 0 atom stereocenters. The highest BCUT2D eigenvalue weighted by Crippen LogP contribution is 2.09. The van der Waals surface area contributed by atoms with E-state index in [0.29, 0.717) is 18.7 Å². The lowest BCUT2D eigenvalue weighted by atomic mass is 10.0. The Hall–Kier alpha value is -1.00. The third kappa shape index (κ3) is 4.68. The van der Waals surface area contributed by atoms with Crippen LogP contribution in [0, 0.1) is 11.6 Å². The van der Waals surface area contributed by atoms with E-state index in [9.17, 15) is 8.78 Å². The fourth-order valence-corrected chi connectivity index (χ4v) is 1.30. The SMILES string of the molecule is CC(C)(N)CCNCc1ccc(F)cc1F. The second-order valence-corrected chi connectivity index (χ2v) is 4.65. The van der Waals surface area contributed by atoms with Gasteiger partial charge in [-0.3, -0.25) is 0 Å². The summed E-state index contributed by atoms with van der Waals surface area (Å²) in [6.45, 7) is 4.98. The van der Waals surface area contributed by atoms with Crippen LogP contribution in [0.1, 0.15) is 25.8 Å². The van der Waals surface area contributed by atoms with Crippen molar-refractivity contribution >= 4 is 0 Å². The van der Waals surface area contributed by atoms with Crippen LogP contribution in [-0.4, -0.2) is 12.1 Å². The van der Waals surface area contributed by atoms with Crippen molar-refractivity contribution in [2.24, 2.45) is 5.73 Å². The molecule has 90 valence electrons. The van der Waals surface area contributed by atoms with Crippen LogP contribution in [0.15, 0.2) is 18.2 Å². The van der Waals surface area contributed by atoms with Gasteiger partial charge in [0.25, 0.3) is 0 Å². The van der Waals surface area contributed by atoms with Gasteiger partial charge in [0.15, 0.2) is 0 Å². The molecule has 1 aromatic rings. The number of hydrogen-bond acceptors (Lipinski definition) is 2. The second kappa shape index (κ2) is 5.37. The lowest BCUT2D eigenvalue weighted by Gasteiger charge is -2.18. The summed E-state index contributed by atoms with van der Waals surface area (Å²) in [4.78, 5) is 0. The first-order valence-corrected chi connectivity index (χ1v) is 5.32. The standard InChI is InChI=1S/C12H18F2N2/c1-12(2,15)5-6-16-8-9-3-4-10(13)7-11(9)14/h3-4,7,16H,5-6,8,15H2,1-2H3. The van der Waals surface area contributed by atoms with E-state index in [2.05, 4.69) is 5.32 Å². The van der Waals surface area contributed by atoms with E-state index in [1.165, 1.54) is 12.1 Å². The zero-order chi connectivity index (χ0) is 12.2. The third-order valence-electron chi connectivity index (χ3n) is 2.28. The molecule has 0 saturated heterocycles. The van der Waals surface area contributed by atoms with Gasteiger partial charge >= 0.3 is 0 Å². The monoisotopic (exact) mass is 228 g/mol. The van der Waals surface area contributed by atoms with Crippen LogP contribution < -0.4 is 11.1 Å². The smallest absolute Gasteiger partial charge is 0.130 e. The zero-order valence-corrected chi connectivity index (χ0v) is 9.69. The second-order valence-electron chi connectivity index (χ2n) is 4.65. The van der Waals surface area contributed by atoms with Crippen LogP contribution >= 0.6 is 0 Å². The molecular weight excluding hydrogens is 210 g/mol. The fourth-order valence-electron chi connectivity index (χ4n) is 1.30. The molecule has 1 rings (SSSR count). The van der Waals surface area contributed by atoms with Crippen molar-refractivity contribution in [1.82, 2.24) is 5.32 Å². The van der Waals surface area contributed by atoms with Gasteiger partial charge in [-0.1, -0.05) is 6.07 Å². The molecule has 0 aromatic heterocycles. The van der Waals surface area contributed by atoms with E-state index in [1.54, 1.807) is 0 Å². The number of nitrogens with one attached hydrogen (secondary N) is 1. The molecule has 0 aliphatic carbocycles. The number of halogens is 2. The lowest BCUT2D eigenvalue weighted by Crippen LogP contribution is -2.35. The Morgan fingerprint density at radius 3 is 2.56 bits per heavy atom. The van der Waals surface area contributed by atoms with Crippen molar-refractivity contribution in [1.29, 1.82) is 0 Å². The summed E-state index contributed by atoms with van der Waals surface area (Å²) in [5.41, 5.74) is 6.04. The Morgan fingerprint density at radius 2 is 2.00 bits per heavy atom. The minimum atomic E-state index is -0.552. The number of hydrogen-bond donors (Lipinski definition) is 2. The molecule has 2 nitrogen and oxygen atoms in total. The molecule has 0 aliphatic heterocycles. The van der Waals surface area contributed by atoms with Gasteiger partial charge in [-0.15, -0.1) is 0 Å². The van der Waals surface area contributed by atoms with Crippen LogP contribution in [0.25, 0.3) is 0 Å². The Labute approximate surface area is 94.8 Å². The van der Waals surface area contributed by atoms with Gasteiger partial charge in [0.2, 0.25) is 0 Å². The van der Waals surface area contributed by atoms with Crippen molar-refractivity contribution < 1.29 is 8.78 Å². The van der Waals surface area contributed by atoms with Gasteiger partial charge in [0.05, 0.1) is 0 Å². The van der Waals surface area contributed by atoms with Gasteiger partial charge < -0.3 is 11.1 Å². The van der Waals surface area contributed by atoms with E-state index < -0.39 is 11.6 Å². The Kier molecular flexibility index (Phi) is 4.38. The van der Waals surface area contributed by atoms with Crippen LogP contribution in [0.3, 0.4) is 0 Å². The van der Waals surface area contributed by atoms with E-state index in [4.69, 9.17) is 5.73 Å². The maximum Gasteiger partial charge on any atom is 0.130 e. The number of rotatable bonds is 5. The highest BCUT2D eigenvalue weighted by atomic mass is 19.1. The maximum atomic E-state index is 13.2. The van der Waals surface area contributed by atoms with Crippen LogP contribution in [0.5, 0.6) is 0 Å². The molecule has 0 heterocycles. The van der Waals surface area contributed by atoms with Crippen molar-refractivity contribution in [3.63, 3.8) is 0 Å². The fraction of sp³-hybridized carbons (Fsp3) is 0.500. The summed E-state index contributed by atoms with van der Waals surface area (Å²) < 4.78 is 25.8. The summed E-state index contributed by atoms with van der Waals surface area (Å²) in [6.07, 6.45) is 0.801. The summed E-state index contributed by atoms with van der Waals surface area (Å²) in [7, 11) is 0. The molecule has 3 N–H and O–H groups in total. The molecule has 4 heteroatoms. The molecule has 0 fully saturated rings. The Bertz CT molecular complexity index is 345. The zero-order valence-electron chi connectivity index (χ0n) is 9.69. The average molecular weight is 228 g/mol. The predicted molar refractivity (Wildman–Crippen MR) is 60.9 cm³/mol. The van der Waals surface area contributed by atoms with E-state index in [1.807, 2.05) is 13.8 Å². The van der Waals surface area contributed by atoms with E-state index in [0.717, 1.165) is 12.5 Å². The first kappa shape index (κ1) is 13.1. The van der Waals surface area contributed by atoms with Crippen molar-refractivity contribution in [2.45, 2.75) is 32.4 Å². The maximum absolute atomic E-state index is 13.2. The van der Waals surface area contributed by atoms with Crippen LogP contribution in [-0.2, 0) is 6.54 Å². The summed E-state index contributed by atoms with van der Waals surface area (Å²) in [5.74, 6) is -1.07. The Morgan fingerprint density at radius 1 is 1.31 bits per heavy atom. The molecule has 0 spiro atoms. The van der Waals surface area contributed by atoms with Crippen LogP contribution in [0.4, 0.5) is 8.78 Å². The van der Waals surface area contributed by atoms with Gasteiger partial charge in [-0.05, 0) is 32.9 Å². The number of benzene rings is 1. The highest BCUT2D eigenvalue weighted by molar-refractivity contribution is 5.18. The van der Waals surface area contributed by atoms with Gasteiger partial charge in [0.1, 0.15) is 11.6 Å². The van der Waals surface area contributed by atoms with E-state index >= 15 is 0 Å². The Balaban J connectivity index is 2.38. The highest BCUT2D eigenvalue weighted by Gasteiger charge is 2.09. The molecule has 0 unspecified atom stereocenters. The molecular formula is C12H18F2N2. The molecule has 0 aliphatic rings. The first-order valence-electron chi connectivity index (χ1n) is 5.32. The molecule has 16 heavy (non-hydrogen) atoms. The quantitative estimate of drug-likeness (QED) is 0.758. The molecule has 0 saturated carbocycles. The lowest BCUT2D eigenvalue weighted by molar-refractivity contribution is 0.452. The predicted octanol–water partition coefficient (Wildman–Crippen LogP) is 2.18. The first-order chi connectivity index (χ1) is 7.38. The normalized spacial score (nSPS) is 11.8. The average Bonchev–Trinajstić information content (AvgIpc) is 2.13. The van der Waals surface area contributed by atoms with Crippen molar-refractivity contribution in [3.05, 3.63) is 35.4 Å². The minimum Gasteiger partial charge on any atom is -0.326 e. The molecule has 0 amide bonds.